The van der Waals surface area contributed by atoms with Crippen LogP contribution in [0.2, 0.25) is 0 Å². The Kier molecular flexibility index (Phi) is 7.25. The molecular formula is C14H22O5. The zero-order chi connectivity index (χ0) is 14.1. The lowest BCUT2D eigenvalue weighted by atomic mass is 10.2. The number of methoxy groups -OCH3 is 1. The molecule has 0 spiro atoms. The summed E-state index contributed by atoms with van der Waals surface area (Å²) in [5.74, 6) is 1.21. The molecule has 0 aliphatic carbocycles. The Morgan fingerprint density at radius 3 is 2.63 bits per heavy atom. The maximum absolute atomic E-state index is 9.54. The first-order valence-electron chi connectivity index (χ1n) is 6.37. The van der Waals surface area contributed by atoms with E-state index in [1.54, 1.807) is 18.2 Å². The van der Waals surface area contributed by atoms with Gasteiger partial charge in [0.1, 0.15) is 24.2 Å². The van der Waals surface area contributed by atoms with Crippen LogP contribution < -0.4 is 9.47 Å². The van der Waals surface area contributed by atoms with Crippen LogP contribution in [-0.4, -0.2) is 43.2 Å². The van der Waals surface area contributed by atoms with Gasteiger partial charge in [-0.1, -0.05) is 6.92 Å². The number of aliphatic hydroxyl groups is 2. The summed E-state index contributed by atoms with van der Waals surface area (Å²) in [7, 11) is 1.52. The van der Waals surface area contributed by atoms with Gasteiger partial charge in [-0.05, 0) is 18.6 Å². The summed E-state index contributed by atoms with van der Waals surface area (Å²) >= 11 is 0. The topological polar surface area (TPSA) is 68.2 Å². The highest BCUT2D eigenvalue weighted by Crippen LogP contribution is 2.25. The summed E-state index contributed by atoms with van der Waals surface area (Å²) in [4.78, 5) is 0. The van der Waals surface area contributed by atoms with Crippen molar-refractivity contribution in [1.82, 2.24) is 0 Å². The van der Waals surface area contributed by atoms with Gasteiger partial charge in [-0.2, -0.15) is 0 Å². The molecule has 0 saturated heterocycles. The van der Waals surface area contributed by atoms with Crippen LogP contribution in [0.4, 0.5) is 0 Å². The van der Waals surface area contributed by atoms with Crippen molar-refractivity contribution < 1.29 is 24.4 Å². The third-order valence-corrected chi connectivity index (χ3v) is 2.47. The molecule has 0 bridgehead atoms. The number of benzene rings is 1. The summed E-state index contributed by atoms with van der Waals surface area (Å²) in [5.41, 5.74) is 0.661. The van der Waals surface area contributed by atoms with E-state index >= 15 is 0 Å². The predicted octanol–water partition coefficient (Wildman–Crippen LogP) is 1.35. The molecule has 1 atom stereocenters. The van der Waals surface area contributed by atoms with Crippen molar-refractivity contribution in [3.05, 3.63) is 23.8 Å². The molecule has 0 heterocycles. The zero-order valence-electron chi connectivity index (χ0n) is 11.5. The summed E-state index contributed by atoms with van der Waals surface area (Å²) in [6, 6.07) is 5.27. The Hall–Kier alpha value is -1.30. The van der Waals surface area contributed by atoms with E-state index in [9.17, 15) is 10.2 Å². The maximum atomic E-state index is 9.54. The number of ether oxygens (including phenoxy) is 3. The highest BCUT2D eigenvalue weighted by atomic mass is 16.5. The SMILES string of the molecule is CCCOc1ccc(CO)c(OCC(O)COC)c1. The molecule has 0 saturated carbocycles. The fraction of sp³-hybridized carbons (Fsp3) is 0.571. The van der Waals surface area contributed by atoms with Gasteiger partial charge in [0.2, 0.25) is 0 Å². The summed E-state index contributed by atoms with van der Waals surface area (Å²) < 4.78 is 15.8. The molecule has 108 valence electrons. The lowest BCUT2D eigenvalue weighted by Gasteiger charge is -2.15. The van der Waals surface area contributed by atoms with Crippen LogP contribution in [0, 0.1) is 0 Å². The van der Waals surface area contributed by atoms with Crippen molar-refractivity contribution in [1.29, 1.82) is 0 Å². The fourth-order valence-corrected chi connectivity index (χ4v) is 1.54. The van der Waals surface area contributed by atoms with E-state index in [1.165, 1.54) is 7.11 Å². The molecule has 0 radical (unpaired) electrons. The minimum atomic E-state index is -0.697. The van der Waals surface area contributed by atoms with Crippen molar-refractivity contribution in [2.24, 2.45) is 0 Å². The maximum Gasteiger partial charge on any atom is 0.128 e. The molecule has 1 unspecified atom stereocenters. The first kappa shape index (κ1) is 15.8. The average molecular weight is 270 g/mol. The van der Waals surface area contributed by atoms with Crippen molar-refractivity contribution in [2.45, 2.75) is 26.1 Å². The van der Waals surface area contributed by atoms with Crippen molar-refractivity contribution in [2.75, 3.05) is 26.9 Å². The fourth-order valence-electron chi connectivity index (χ4n) is 1.54. The Labute approximate surface area is 113 Å². The van der Waals surface area contributed by atoms with Gasteiger partial charge in [0.05, 0.1) is 19.8 Å². The molecule has 19 heavy (non-hydrogen) atoms. The van der Waals surface area contributed by atoms with Gasteiger partial charge in [0.15, 0.2) is 0 Å². The monoisotopic (exact) mass is 270 g/mol. The predicted molar refractivity (Wildman–Crippen MR) is 71.5 cm³/mol. The molecular weight excluding hydrogens is 248 g/mol. The molecule has 0 amide bonds. The average Bonchev–Trinajstić information content (AvgIpc) is 2.43. The Morgan fingerprint density at radius 2 is 2.00 bits per heavy atom. The molecule has 0 aliphatic rings. The molecule has 2 N–H and O–H groups in total. The highest BCUT2D eigenvalue weighted by molar-refractivity contribution is 5.40. The largest absolute Gasteiger partial charge is 0.493 e. The lowest BCUT2D eigenvalue weighted by molar-refractivity contribution is 0.0319. The number of rotatable bonds is 9. The minimum Gasteiger partial charge on any atom is -0.493 e. The number of aliphatic hydroxyl groups excluding tert-OH is 2. The van der Waals surface area contributed by atoms with E-state index in [-0.39, 0.29) is 19.8 Å². The van der Waals surface area contributed by atoms with Crippen LogP contribution >= 0.6 is 0 Å². The smallest absolute Gasteiger partial charge is 0.128 e. The first-order valence-corrected chi connectivity index (χ1v) is 6.37. The van der Waals surface area contributed by atoms with Crippen LogP contribution in [0.1, 0.15) is 18.9 Å². The van der Waals surface area contributed by atoms with E-state index < -0.39 is 6.10 Å². The normalized spacial score (nSPS) is 12.2. The van der Waals surface area contributed by atoms with Crippen molar-refractivity contribution >= 4 is 0 Å². The first-order chi connectivity index (χ1) is 9.21. The molecule has 1 aromatic carbocycles. The third kappa shape index (κ3) is 5.46. The quantitative estimate of drug-likeness (QED) is 0.709. The van der Waals surface area contributed by atoms with Crippen LogP contribution in [0.25, 0.3) is 0 Å². The van der Waals surface area contributed by atoms with E-state index in [0.717, 1.165) is 6.42 Å². The van der Waals surface area contributed by atoms with Gasteiger partial charge in [0, 0.05) is 18.7 Å². The van der Waals surface area contributed by atoms with Crippen LogP contribution in [0.15, 0.2) is 18.2 Å². The summed E-state index contributed by atoms with van der Waals surface area (Å²) in [6.07, 6.45) is 0.224. The standard InChI is InChI=1S/C14H22O5/c1-3-6-18-13-5-4-11(8-15)14(7-13)19-10-12(16)9-17-2/h4-5,7,12,15-16H,3,6,8-10H2,1-2H3. The summed E-state index contributed by atoms with van der Waals surface area (Å²) in [5, 5.41) is 18.8. The molecule has 0 aliphatic heterocycles. The molecule has 1 aromatic rings. The van der Waals surface area contributed by atoms with Gasteiger partial charge in [-0.15, -0.1) is 0 Å². The van der Waals surface area contributed by atoms with Crippen LogP contribution in [0.3, 0.4) is 0 Å². The number of hydrogen-bond acceptors (Lipinski definition) is 5. The molecule has 5 heteroatoms. The van der Waals surface area contributed by atoms with Crippen molar-refractivity contribution in [3.63, 3.8) is 0 Å². The van der Waals surface area contributed by atoms with Crippen molar-refractivity contribution in [3.8, 4) is 11.5 Å². The van der Waals surface area contributed by atoms with Gasteiger partial charge in [0.25, 0.3) is 0 Å². The molecule has 0 fully saturated rings. The van der Waals surface area contributed by atoms with Gasteiger partial charge in [-0.25, -0.2) is 0 Å². The number of hydrogen-bond donors (Lipinski definition) is 2. The van der Waals surface area contributed by atoms with Crippen LogP contribution in [0.5, 0.6) is 11.5 Å². The highest BCUT2D eigenvalue weighted by Gasteiger charge is 2.09. The van der Waals surface area contributed by atoms with E-state index in [4.69, 9.17) is 14.2 Å². The Bertz CT molecular complexity index is 367. The van der Waals surface area contributed by atoms with E-state index in [1.807, 2.05) is 6.92 Å². The van der Waals surface area contributed by atoms with Gasteiger partial charge < -0.3 is 24.4 Å². The van der Waals surface area contributed by atoms with Crippen LogP contribution in [-0.2, 0) is 11.3 Å². The second-order valence-corrected chi connectivity index (χ2v) is 4.20. The molecule has 0 aromatic heterocycles. The zero-order valence-corrected chi connectivity index (χ0v) is 11.5. The molecule has 5 nitrogen and oxygen atoms in total. The molecule has 1 rings (SSSR count). The third-order valence-electron chi connectivity index (χ3n) is 2.47. The van der Waals surface area contributed by atoms with E-state index in [0.29, 0.717) is 23.7 Å². The summed E-state index contributed by atoms with van der Waals surface area (Å²) in [6.45, 7) is 2.85. The minimum absolute atomic E-state index is 0.109. The van der Waals surface area contributed by atoms with Gasteiger partial charge >= 0.3 is 0 Å². The Balaban J connectivity index is 2.66. The second kappa shape index (κ2) is 8.74. The Morgan fingerprint density at radius 1 is 1.21 bits per heavy atom. The van der Waals surface area contributed by atoms with E-state index in [2.05, 4.69) is 0 Å². The van der Waals surface area contributed by atoms with Gasteiger partial charge in [-0.3, -0.25) is 0 Å². The lowest BCUT2D eigenvalue weighted by Crippen LogP contribution is -2.23. The second-order valence-electron chi connectivity index (χ2n) is 4.20.